The number of nitro groups is 1. The second-order valence-corrected chi connectivity index (χ2v) is 9.02. The molecular weight excluding hydrogens is 501 g/mol. The normalized spacial score (nSPS) is 15.1. The standard InChI is InChI=1S/C24H15F3N2O4S2/c25-24(26,27)17-2-1-3-19(13-17)28-22(30)21(35-23(28)34)12-15-6-10-20(11-7-15)33-14-16-4-8-18(9-5-16)29(31)32/h1-13H,14H2/b21-12-. The molecule has 1 amide bonds. The van der Waals surface area contributed by atoms with Crippen LogP contribution in [-0.4, -0.2) is 15.2 Å². The highest BCUT2D eigenvalue weighted by Crippen LogP contribution is 2.38. The van der Waals surface area contributed by atoms with Crippen LogP contribution in [0.5, 0.6) is 5.75 Å². The number of alkyl halides is 3. The van der Waals surface area contributed by atoms with Crippen molar-refractivity contribution in [1.82, 2.24) is 0 Å². The average molecular weight is 517 g/mol. The number of thiocarbonyl (C=S) groups is 1. The first-order valence-electron chi connectivity index (χ1n) is 10.0. The SMILES string of the molecule is O=C1/C(=C/c2ccc(OCc3ccc([N+](=O)[O-])cc3)cc2)SC(=S)N1c1cccc(C(F)(F)F)c1. The molecule has 0 radical (unpaired) electrons. The van der Waals surface area contributed by atoms with Gasteiger partial charge in [-0.25, -0.2) is 0 Å². The van der Waals surface area contributed by atoms with Crippen LogP contribution < -0.4 is 9.64 Å². The lowest BCUT2D eigenvalue weighted by molar-refractivity contribution is -0.384. The number of hydrogen-bond donors (Lipinski definition) is 0. The van der Waals surface area contributed by atoms with Gasteiger partial charge in [-0.05, 0) is 59.7 Å². The molecule has 1 saturated heterocycles. The summed E-state index contributed by atoms with van der Waals surface area (Å²) in [6, 6.07) is 17.3. The van der Waals surface area contributed by atoms with Gasteiger partial charge in [0.2, 0.25) is 0 Å². The van der Waals surface area contributed by atoms with Crippen molar-refractivity contribution in [3.8, 4) is 5.75 Å². The Morgan fingerprint density at radius 3 is 2.37 bits per heavy atom. The molecule has 0 atom stereocenters. The highest BCUT2D eigenvalue weighted by atomic mass is 32.2. The number of rotatable bonds is 6. The Hall–Kier alpha value is -3.70. The fraction of sp³-hybridized carbons (Fsp3) is 0.0833. The van der Waals surface area contributed by atoms with Gasteiger partial charge in [-0.15, -0.1) is 0 Å². The predicted molar refractivity (Wildman–Crippen MR) is 131 cm³/mol. The molecule has 1 aliphatic heterocycles. The molecule has 11 heteroatoms. The number of ether oxygens (including phenoxy) is 1. The Morgan fingerprint density at radius 1 is 1.06 bits per heavy atom. The van der Waals surface area contributed by atoms with Gasteiger partial charge in [0, 0.05) is 12.1 Å². The van der Waals surface area contributed by atoms with Gasteiger partial charge in [0.05, 0.1) is 21.1 Å². The van der Waals surface area contributed by atoms with Gasteiger partial charge in [0.25, 0.3) is 11.6 Å². The largest absolute Gasteiger partial charge is 0.489 e. The first kappa shape index (κ1) is 24.4. The lowest BCUT2D eigenvalue weighted by Crippen LogP contribution is -2.27. The summed E-state index contributed by atoms with van der Waals surface area (Å²) in [5, 5.41) is 10.7. The van der Waals surface area contributed by atoms with Crippen molar-refractivity contribution < 1.29 is 27.6 Å². The molecule has 1 heterocycles. The van der Waals surface area contributed by atoms with Gasteiger partial charge in [0.1, 0.15) is 12.4 Å². The van der Waals surface area contributed by atoms with Crippen molar-refractivity contribution in [3.05, 3.63) is 105 Å². The van der Waals surface area contributed by atoms with E-state index in [-0.39, 0.29) is 27.2 Å². The molecule has 1 fully saturated rings. The Kier molecular flexibility index (Phi) is 6.90. The van der Waals surface area contributed by atoms with Crippen molar-refractivity contribution in [2.75, 3.05) is 4.90 Å². The van der Waals surface area contributed by atoms with Gasteiger partial charge in [-0.2, -0.15) is 13.2 Å². The summed E-state index contributed by atoms with van der Waals surface area (Å²) in [6.45, 7) is 0.215. The average Bonchev–Trinajstić information content (AvgIpc) is 3.11. The Morgan fingerprint density at radius 2 is 1.74 bits per heavy atom. The molecule has 0 saturated carbocycles. The Balaban J connectivity index is 1.44. The maximum atomic E-state index is 13.1. The smallest absolute Gasteiger partial charge is 0.416 e. The minimum Gasteiger partial charge on any atom is -0.489 e. The van der Waals surface area contributed by atoms with Crippen LogP contribution in [0.2, 0.25) is 0 Å². The second kappa shape index (κ2) is 9.88. The number of benzene rings is 3. The monoisotopic (exact) mass is 516 g/mol. The topological polar surface area (TPSA) is 72.7 Å². The second-order valence-electron chi connectivity index (χ2n) is 7.35. The summed E-state index contributed by atoms with van der Waals surface area (Å²) in [5.74, 6) is 0.0508. The highest BCUT2D eigenvalue weighted by molar-refractivity contribution is 8.27. The summed E-state index contributed by atoms with van der Waals surface area (Å²) in [7, 11) is 0. The van der Waals surface area contributed by atoms with E-state index in [1.807, 2.05) is 0 Å². The molecule has 4 rings (SSSR count). The van der Waals surface area contributed by atoms with Gasteiger partial charge >= 0.3 is 6.18 Å². The van der Waals surface area contributed by atoms with Crippen molar-refractivity contribution in [3.63, 3.8) is 0 Å². The fourth-order valence-corrected chi connectivity index (χ4v) is 4.50. The van der Waals surface area contributed by atoms with Crippen LogP contribution in [0.15, 0.2) is 77.7 Å². The number of amides is 1. The van der Waals surface area contributed by atoms with E-state index in [4.69, 9.17) is 17.0 Å². The number of hydrogen-bond acceptors (Lipinski definition) is 6. The molecule has 178 valence electrons. The molecular formula is C24H15F3N2O4S2. The number of nitrogens with zero attached hydrogens (tertiary/aromatic N) is 2. The summed E-state index contributed by atoms with van der Waals surface area (Å²) in [6.07, 6.45) is -2.93. The van der Waals surface area contributed by atoms with E-state index in [2.05, 4.69) is 0 Å². The van der Waals surface area contributed by atoms with Crippen molar-refractivity contribution >= 4 is 51.7 Å². The maximum Gasteiger partial charge on any atom is 0.416 e. The molecule has 0 N–H and O–H groups in total. The number of halogens is 3. The molecule has 0 spiro atoms. The lowest BCUT2D eigenvalue weighted by Gasteiger charge is -2.16. The molecule has 6 nitrogen and oxygen atoms in total. The minimum absolute atomic E-state index is 0.00317. The summed E-state index contributed by atoms with van der Waals surface area (Å²) >= 11 is 6.25. The third-order valence-electron chi connectivity index (χ3n) is 4.96. The Labute approximate surface area is 207 Å². The van der Waals surface area contributed by atoms with Crippen molar-refractivity contribution in [2.24, 2.45) is 0 Å². The number of carbonyl (C=O) groups is 1. The molecule has 3 aromatic rings. The van der Waals surface area contributed by atoms with E-state index < -0.39 is 22.6 Å². The van der Waals surface area contributed by atoms with Crippen LogP contribution in [0.25, 0.3) is 6.08 Å². The first-order chi connectivity index (χ1) is 16.6. The zero-order valence-corrected chi connectivity index (χ0v) is 19.3. The number of thioether (sulfide) groups is 1. The fourth-order valence-electron chi connectivity index (χ4n) is 3.20. The minimum atomic E-state index is -4.53. The number of non-ortho nitro benzene ring substituents is 1. The van der Waals surface area contributed by atoms with Crippen LogP contribution in [0.3, 0.4) is 0 Å². The van der Waals surface area contributed by atoms with E-state index in [1.165, 1.54) is 24.3 Å². The van der Waals surface area contributed by atoms with Crippen LogP contribution in [0.1, 0.15) is 16.7 Å². The zero-order chi connectivity index (χ0) is 25.2. The highest BCUT2D eigenvalue weighted by Gasteiger charge is 2.36. The predicted octanol–water partition coefficient (Wildman–Crippen LogP) is 6.60. The van der Waals surface area contributed by atoms with Crippen molar-refractivity contribution in [2.45, 2.75) is 12.8 Å². The summed E-state index contributed by atoms with van der Waals surface area (Å²) in [4.78, 5) is 24.5. The van der Waals surface area contributed by atoms with Gasteiger partial charge in [-0.1, -0.05) is 42.2 Å². The summed E-state index contributed by atoms with van der Waals surface area (Å²) < 4.78 is 45.0. The van der Waals surface area contributed by atoms with E-state index in [9.17, 15) is 28.1 Å². The molecule has 0 aromatic heterocycles. The maximum absolute atomic E-state index is 13.1. The number of carbonyl (C=O) groups excluding carboxylic acids is 1. The van der Waals surface area contributed by atoms with E-state index in [1.54, 1.807) is 42.5 Å². The molecule has 1 aliphatic rings. The summed E-state index contributed by atoms with van der Waals surface area (Å²) in [5.41, 5.74) is 0.629. The zero-order valence-electron chi connectivity index (χ0n) is 17.7. The van der Waals surface area contributed by atoms with Gasteiger partial charge in [-0.3, -0.25) is 19.8 Å². The third-order valence-corrected chi connectivity index (χ3v) is 6.26. The first-order valence-corrected chi connectivity index (χ1v) is 11.3. The van der Waals surface area contributed by atoms with Crippen LogP contribution in [-0.2, 0) is 17.6 Å². The molecule has 0 aliphatic carbocycles. The van der Waals surface area contributed by atoms with Crippen molar-refractivity contribution in [1.29, 1.82) is 0 Å². The van der Waals surface area contributed by atoms with Crippen LogP contribution in [0, 0.1) is 10.1 Å². The lowest BCUT2D eigenvalue weighted by atomic mass is 10.1. The van der Waals surface area contributed by atoms with E-state index in [0.717, 1.165) is 34.4 Å². The van der Waals surface area contributed by atoms with Gasteiger partial charge < -0.3 is 4.74 Å². The third kappa shape index (κ3) is 5.69. The Bertz CT molecular complexity index is 1320. The molecule has 3 aromatic carbocycles. The molecule has 35 heavy (non-hydrogen) atoms. The van der Waals surface area contributed by atoms with E-state index in [0.29, 0.717) is 11.3 Å². The molecule has 0 bridgehead atoms. The van der Waals surface area contributed by atoms with Gasteiger partial charge in [0.15, 0.2) is 4.32 Å². The quantitative estimate of drug-likeness (QED) is 0.159. The molecule has 0 unspecified atom stereocenters. The van der Waals surface area contributed by atoms with Crippen LogP contribution in [0.4, 0.5) is 24.5 Å². The number of nitro benzene ring substituents is 1. The van der Waals surface area contributed by atoms with Crippen LogP contribution >= 0.6 is 24.0 Å². The number of anilines is 1. The van der Waals surface area contributed by atoms with E-state index >= 15 is 0 Å².